The molecule has 1 unspecified atom stereocenters. The molecular formula is C26H28FN3O3S. The highest BCUT2D eigenvalue weighted by molar-refractivity contribution is 7.98. The highest BCUT2D eigenvalue weighted by Gasteiger charge is 2.31. The number of benzene rings is 2. The topological polar surface area (TPSA) is 64.4 Å². The van der Waals surface area contributed by atoms with Crippen LogP contribution in [0.2, 0.25) is 0 Å². The number of amides is 1. The first kappa shape index (κ1) is 24.0. The van der Waals surface area contributed by atoms with E-state index >= 15 is 0 Å². The second kappa shape index (κ2) is 9.62. The van der Waals surface area contributed by atoms with Gasteiger partial charge in [0.05, 0.1) is 18.3 Å². The highest BCUT2D eigenvalue weighted by Crippen LogP contribution is 2.30. The smallest absolute Gasteiger partial charge is 0.410 e. The van der Waals surface area contributed by atoms with Crippen molar-refractivity contribution in [2.75, 3.05) is 12.8 Å². The second-order valence-electron chi connectivity index (χ2n) is 9.22. The minimum absolute atomic E-state index is 0.142. The molecule has 0 saturated heterocycles. The summed E-state index contributed by atoms with van der Waals surface area (Å²) in [7, 11) is 0. The predicted octanol–water partition coefficient (Wildman–Crippen LogP) is 5.04. The van der Waals surface area contributed by atoms with Crippen LogP contribution >= 0.6 is 11.8 Å². The van der Waals surface area contributed by atoms with Crippen molar-refractivity contribution in [3.05, 3.63) is 93.2 Å². The van der Waals surface area contributed by atoms with E-state index in [-0.39, 0.29) is 17.9 Å². The summed E-state index contributed by atoms with van der Waals surface area (Å²) in [5.74, 6) is -0.334. The van der Waals surface area contributed by atoms with Gasteiger partial charge in [0, 0.05) is 12.1 Å². The molecule has 0 radical (unpaired) electrons. The maximum absolute atomic E-state index is 13.9. The lowest BCUT2D eigenvalue weighted by molar-refractivity contribution is 0.0219. The summed E-state index contributed by atoms with van der Waals surface area (Å²) < 4.78 is 20.9. The molecule has 8 heteroatoms. The van der Waals surface area contributed by atoms with Crippen molar-refractivity contribution in [1.82, 2.24) is 14.5 Å². The number of fused-ring (bicyclic) bond motifs is 1. The fourth-order valence-electron chi connectivity index (χ4n) is 4.11. The third kappa shape index (κ3) is 5.01. The summed E-state index contributed by atoms with van der Waals surface area (Å²) in [6.45, 7) is 6.07. The Morgan fingerprint density at radius 2 is 1.74 bits per heavy atom. The van der Waals surface area contributed by atoms with Gasteiger partial charge in [0.15, 0.2) is 5.16 Å². The van der Waals surface area contributed by atoms with E-state index in [0.29, 0.717) is 29.4 Å². The summed E-state index contributed by atoms with van der Waals surface area (Å²) in [6, 6.07) is 15.4. The van der Waals surface area contributed by atoms with Gasteiger partial charge in [-0.1, -0.05) is 54.2 Å². The molecule has 0 bridgehead atoms. The molecule has 1 aliphatic heterocycles. The Morgan fingerprint density at radius 1 is 1.09 bits per heavy atom. The molecule has 34 heavy (non-hydrogen) atoms. The molecule has 3 aromatic rings. The van der Waals surface area contributed by atoms with Crippen LogP contribution in [-0.2, 0) is 17.7 Å². The number of nitrogens with zero attached hydrogens (tertiary/aromatic N) is 3. The lowest BCUT2D eigenvalue weighted by Gasteiger charge is -2.32. The van der Waals surface area contributed by atoms with Crippen LogP contribution in [0.3, 0.4) is 0 Å². The Balaban J connectivity index is 1.80. The van der Waals surface area contributed by atoms with E-state index in [4.69, 9.17) is 9.72 Å². The van der Waals surface area contributed by atoms with Gasteiger partial charge in [0.25, 0.3) is 5.56 Å². The van der Waals surface area contributed by atoms with Gasteiger partial charge in [-0.2, -0.15) is 0 Å². The quantitative estimate of drug-likeness (QED) is 0.386. The van der Waals surface area contributed by atoms with Crippen LogP contribution in [0.5, 0.6) is 0 Å². The predicted molar refractivity (Wildman–Crippen MR) is 131 cm³/mol. The molecular weight excluding hydrogens is 453 g/mol. The third-order valence-electron chi connectivity index (χ3n) is 5.63. The molecule has 0 aliphatic carbocycles. The van der Waals surface area contributed by atoms with E-state index in [1.165, 1.54) is 23.9 Å². The Hall–Kier alpha value is -3.13. The Kier molecular flexibility index (Phi) is 6.79. The largest absolute Gasteiger partial charge is 0.444 e. The second-order valence-corrected chi connectivity index (χ2v) is 9.99. The molecule has 0 fully saturated rings. The number of rotatable bonds is 4. The molecule has 2 aromatic carbocycles. The number of carbonyl (C=O) groups excluding carboxylic acids is 1. The fourth-order valence-corrected chi connectivity index (χ4v) is 4.69. The zero-order valence-electron chi connectivity index (χ0n) is 19.7. The normalized spacial score (nSPS) is 14.4. The lowest BCUT2D eigenvalue weighted by Crippen LogP contribution is -2.43. The fraction of sp³-hybridized carbons (Fsp3) is 0.346. The van der Waals surface area contributed by atoms with Crippen molar-refractivity contribution in [2.45, 2.75) is 50.5 Å². The van der Waals surface area contributed by atoms with Gasteiger partial charge >= 0.3 is 6.09 Å². The SMILES string of the molecule is CSc1nc2c(c(=O)n1C(c1ccccc1)c1ccc(F)cc1)CCN(C(=O)OC(C)(C)C)C2. The first-order valence-electron chi connectivity index (χ1n) is 11.1. The molecule has 1 aliphatic rings. The average molecular weight is 482 g/mol. The monoisotopic (exact) mass is 481 g/mol. The van der Waals surface area contributed by atoms with Crippen LogP contribution in [0.25, 0.3) is 0 Å². The van der Waals surface area contributed by atoms with E-state index in [0.717, 1.165) is 11.1 Å². The lowest BCUT2D eigenvalue weighted by atomic mass is 9.97. The van der Waals surface area contributed by atoms with Crippen LogP contribution in [-0.4, -0.2) is 38.9 Å². The van der Waals surface area contributed by atoms with E-state index in [9.17, 15) is 14.0 Å². The number of hydrogen-bond donors (Lipinski definition) is 0. The molecule has 6 nitrogen and oxygen atoms in total. The summed E-state index contributed by atoms with van der Waals surface area (Å²) in [6.07, 6.45) is 1.84. The number of carbonyl (C=O) groups is 1. The number of halogens is 1. The van der Waals surface area contributed by atoms with Gasteiger partial charge in [-0.25, -0.2) is 14.2 Å². The zero-order valence-corrected chi connectivity index (χ0v) is 20.6. The van der Waals surface area contributed by atoms with Gasteiger partial charge in [-0.05, 0) is 56.7 Å². The van der Waals surface area contributed by atoms with Crippen LogP contribution < -0.4 is 5.56 Å². The van der Waals surface area contributed by atoms with Crippen molar-refractivity contribution >= 4 is 17.9 Å². The van der Waals surface area contributed by atoms with Crippen LogP contribution in [0.4, 0.5) is 9.18 Å². The first-order chi connectivity index (χ1) is 16.2. The standard InChI is InChI=1S/C26H28FN3O3S/c1-26(2,3)33-25(32)29-15-14-20-21(16-29)28-24(34-4)30(23(20)31)22(17-8-6-5-7-9-17)18-10-12-19(27)13-11-18/h5-13,22H,14-16H2,1-4H3. The molecule has 0 saturated carbocycles. The van der Waals surface area contributed by atoms with Crippen molar-refractivity contribution in [2.24, 2.45) is 0 Å². The number of ether oxygens (including phenoxy) is 1. The Labute approximate surface area is 202 Å². The van der Waals surface area contributed by atoms with E-state index < -0.39 is 17.7 Å². The number of aromatic nitrogens is 2. The maximum atomic E-state index is 13.9. The van der Waals surface area contributed by atoms with Gasteiger partial charge < -0.3 is 9.64 Å². The van der Waals surface area contributed by atoms with E-state index in [1.54, 1.807) is 21.6 Å². The first-order valence-corrected chi connectivity index (χ1v) is 12.4. The van der Waals surface area contributed by atoms with Gasteiger partial charge in [-0.3, -0.25) is 9.36 Å². The van der Waals surface area contributed by atoms with E-state index in [1.807, 2.05) is 57.4 Å². The molecule has 1 atom stereocenters. The minimum Gasteiger partial charge on any atom is -0.444 e. The highest BCUT2D eigenvalue weighted by atomic mass is 32.2. The van der Waals surface area contributed by atoms with Gasteiger partial charge in [0.1, 0.15) is 11.4 Å². The average Bonchev–Trinajstić information content (AvgIpc) is 2.81. The molecule has 2 heterocycles. The van der Waals surface area contributed by atoms with Crippen LogP contribution in [0.1, 0.15) is 49.2 Å². The summed E-state index contributed by atoms with van der Waals surface area (Å²) >= 11 is 1.37. The summed E-state index contributed by atoms with van der Waals surface area (Å²) in [5, 5.41) is 0.535. The van der Waals surface area contributed by atoms with Crippen molar-refractivity contribution in [3.63, 3.8) is 0 Å². The summed E-state index contributed by atoms with van der Waals surface area (Å²) in [5.41, 5.74) is 2.14. The Morgan fingerprint density at radius 3 is 2.35 bits per heavy atom. The molecule has 1 aromatic heterocycles. The van der Waals surface area contributed by atoms with E-state index in [2.05, 4.69) is 0 Å². The zero-order chi connectivity index (χ0) is 24.5. The van der Waals surface area contributed by atoms with Gasteiger partial charge in [0.2, 0.25) is 0 Å². The van der Waals surface area contributed by atoms with Gasteiger partial charge in [-0.15, -0.1) is 0 Å². The molecule has 0 spiro atoms. The molecule has 4 rings (SSSR count). The van der Waals surface area contributed by atoms with Crippen LogP contribution in [0, 0.1) is 5.82 Å². The molecule has 1 amide bonds. The van der Waals surface area contributed by atoms with Crippen molar-refractivity contribution < 1.29 is 13.9 Å². The minimum atomic E-state index is -0.601. The molecule has 178 valence electrons. The maximum Gasteiger partial charge on any atom is 0.410 e. The summed E-state index contributed by atoms with van der Waals surface area (Å²) in [4.78, 5) is 32.8. The van der Waals surface area contributed by atoms with Crippen molar-refractivity contribution in [3.8, 4) is 0 Å². The van der Waals surface area contributed by atoms with Crippen LogP contribution in [0.15, 0.2) is 64.5 Å². The Bertz CT molecular complexity index is 1240. The third-order valence-corrected chi connectivity index (χ3v) is 6.28. The van der Waals surface area contributed by atoms with Crippen molar-refractivity contribution in [1.29, 1.82) is 0 Å². The number of hydrogen-bond acceptors (Lipinski definition) is 5. The number of thioether (sulfide) groups is 1. The molecule has 0 N–H and O–H groups in total.